The predicted molar refractivity (Wildman–Crippen MR) is 65.5 cm³/mol. The number of hydrogen-bond donors (Lipinski definition) is 1. The van der Waals surface area contributed by atoms with E-state index >= 15 is 0 Å². The van der Waals surface area contributed by atoms with Crippen LogP contribution in [-0.4, -0.2) is 10.1 Å². The fourth-order valence-electron chi connectivity index (χ4n) is 1.65. The van der Waals surface area contributed by atoms with Gasteiger partial charge in [0.1, 0.15) is 0 Å². The maximum atomic E-state index is 5.72. The highest BCUT2D eigenvalue weighted by atomic mass is 16.5. The van der Waals surface area contributed by atoms with Crippen LogP contribution >= 0.6 is 0 Å². The van der Waals surface area contributed by atoms with Gasteiger partial charge in [-0.2, -0.15) is 4.98 Å². The highest BCUT2D eigenvalue weighted by Crippen LogP contribution is 2.30. The predicted octanol–water partition coefficient (Wildman–Crippen LogP) is 2.42. The minimum Gasteiger partial charge on any atom is -0.338 e. The summed E-state index contributed by atoms with van der Waals surface area (Å²) in [6, 6.07) is 9.88. The van der Waals surface area contributed by atoms with Crippen LogP contribution in [0.5, 0.6) is 0 Å². The number of hydrogen-bond acceptors (Lipinski definition) is 4. The Morgan fingerprint density at radius 2 is 1.88 bits per heavy atom. The molecule has 2 rings (SSSR count). The van der Waals surface area contributed by atoms with Gasteiger partial charge in [0.15, 0.2) is 5.82 Å². The summed E-state index contributed by atoms with van der Waals surface area (Å²) in [6.07, 6.45) is 0. The normalized spacial score (nSPS) is 13.6. The second kappa shape index (κ2) is 4.30. The van der Waals surface area contributed by atoms with Gasteiger partial charge in [-0.15, -0.1) is 0 Å². The second-order valence-corrected chi connectivity index (χ2v) is 4.74. The average Bonchev–Trinajstić information content (AvgIpc) is 2.80. The SMILES string of the molecule is CC(N)c1noc(C(C)(C)c2ccccc2)n1. The van der Waals surface area contributed by atoms with E-state index < -0.39 is 0 Å². The van der Waals surface area contributed by atoms with E-state index in [0.29, 0.717) is 11.7 Å². The molecule has 0 saturated heterocycles. The third kappa shape index (κ3) is 2.22. The number of nitrogens with zero attached hydrogens (tertiary/aromatic N) is 2. The topological polar surface area (TPSA) is 64.9 Å². The number of benzene rings is 1. The first-order valence-corrected chi connectivity index (χ1v) is 5.67. The van der Waals surface area contributed by atoms with Crippen molar-refractivity contribution in [3.8, 4) is 0 Å². The van der Waals surface area contributed by atoms with Crippen molar-refractivity contribution in [2.45, 2.75) is 32.2 Å². The Kier molecular flexibility index (Phi) is 2.98. The summed E-state index contributed by atoms with van der Waals surface area (Å²) < 4.78 is 5.30. The molecule has 0 aliphatic rings. The molecule has 1 aromatic heterocycles. The Morgan fingerprint density at radius 1 is 1.24 bits per heavy atom. The number of nitrogens with two attached hydrogens (primary N) is 1. The molecule has 1 aromatic carbocycles. The van der Waals surface area contributed by atoms with Crippen molar-refractivity contribution in [2.24, 2.45) is 5.73 Å². The van der Waals surface area contributed by atoms with Gasteiger partial charge in [-0.3, -0.25) is 0 Å². The first kappa shape index (κ1) is 11.8. The Hall–Kier alpha value is -1.68. The van der Waals surface area contributed by atoms with Crippen LogP contribution in [0.3, 0.4) is 0 Å². The lowest BCUT2D eigenvalue weighted by atomic mass is 9.84. The number of rotatable bonds is 3. The van der Waals surface area contributed by atoms with Gasteiger partial charge in [0.2, 0.25) is 5.89 Å². The zero-order valence-electron chi connectivity index (χ0n) is 10.3. The van der Waals surface area contributed by atoms with Gasteiger partial charge in [0, 0.05) is 0 Å². The molecular formula is C13H17N3O. The quantitative estimate of drug-likeness (QED) is 0.881. The molecular weight excluding hydrogens is 214 g/mol. The zero-order chi connectivity index (χ0) is 12.5. The molecule has 0 amide bonds. The third-order valence-electron chi connectivity index (χ3n) is 2.88. The van der Waals surface area contributed by atoms with E-state index in [1.165, 1.54) is 0 Å². The van der Waals surface area contributed by atoms with E-state index in [-0.39, 0.29) is 11.5 Å². The molecule has 0 bridgehead atoms. The molecule has 1 unspecified atom stereocenters. The molecule has 4 nitrogen and oxygen atoms in total. The highest BCUT2D eigenvalue weighted by Gasteiger charge is 2.29. The van der Waals surface area contributed by atoms with E-state index in [4.69, 9.17) is 10.3 Å². The smallest absolute Gasteiger partial charge is 0.236 e. The Morgan fingerprint density at radius 3 is 2.41 bits per heavy atom. The fraction of sp³-hybridized carbons (Fsp3) is 0.385. The summed E-state index contributed by atoms with van der Waals surface area (Å²) in [4.78, 5) is 4.36. The average molecular weight is 231 g/mol. The Balaban J connectivity index is 2.37. The van der Waals surface area contributed by atoms with Crippen LogP contribution < -0.4 is 5.73 Å². The van der Waals surface area contributed by atoms with Crippen LogP contribution in [0.15, 0.2) is 34.9 Å². The Bertz CT molecular complexity index is 488. The maximum absolute atomic E-state index is 5.72. The molecule has 0 fully saturated rings. The summed E-state index contributed by atoms with van der Waals surface area (Å²) >= 11 is 0. The Labute approximate surface area is 101 Å². The van der Waals surface area contributed by atoms with Crippen LogP contribution in [-0.2, 0) is 5.41 Å². The van der Waals surface area contributed by atoms with Crippen molar-refractivity contribution >= 4 is 0 Å². The molecule has 0 spiro atoms. The van der Waals surface area contributed by atoms with Gasteiger partial charge < -0.3 is 10.3 Å². The summed E-state index contributed by atoms with van der Waals surface area (Å²) in [7, 11) is 0. The highest BCUT2D eigenvalue weighted by molar-refractivity contribution is 5.29. The van der Waals surface area contributed by atoms with Crippen molar-refractivity contribution in [2.75, 3.05) is 0 Å². The summed E-state index contributed by atoms with van der Waals surface area (Å²) in [5.74, 6) is 1.14. The van der Waals surface area contributed by atoms with Gasteiger partial charge in [-0.05, 0) is 26.3 Å². The molecule has 1 atom stereocenters. The van der Waals surface area contributed by atoms with Crippen LogP contribution in [0.1, 0.15) is 44.1 Å². The van der Waals surface area contributed by atoms with Crippen LogP contribution in [0.4, 0.5) is 0 Å². The van der Waals surface area contributed by atoms with Gasteiger partial charge >= 0.3 is 0 Å². The van der Waals surface area contributed by atoms with Crippen molar-refractivity contribution < 1.29 is 4.52 Å². The summed E-state index contributed by atoms with van der Waals surface area (Å²) in [6.45, 7) is 5.95. The van der Waals surface area contributed by atoms with E-state index in [9.17, 15) is 0 Å². The van der Waals surface area contributed by atoms with Crippen molar-refractivity contribution in [1.29, 1.82) is 0 Å². The van der Waals surface area contributed by atoms with E-state index in [0.717, 1.165) is 5.56 Å². The first-order chi connectivity index (χ1) is 8.01. The molecule has 17 heavy (non-hydrogen) atoms. The molecule has 4 heteroatoms. The molecule has 0 saturated carbocycles. The molecule has 90 valence electrons. The second-order valence-electron chi connectivity index (χ2n) is 4.74. The van der Waals surface area contributed by atoms with Crippen molar-refractivity contribution in [3.63, 3.8) is 0 Å². The summed E-state index contributed by atoms with van der Waals surface area (Å²) in [5, 5.41) is 3.90. The van der Waals surface area contributed by atoms with Gasteiger partial charge in [-0.1, -0.05) is 35.5 Å². The lowest BCUT2D eigenvalue weighted by Gasteiger charge is -2.20. The van der Waals surface area contributed by atoms with E-state index in [2.05, 4.69) is 36.1 Å². The first-order valence-electron chi connectivity index (χ1n) is 5.67. The molecule has 0 radical (unpaired) electrons. The van der Waals surface area contributed by atoms with Crippen molar-refractivity contribution in [1.82, 2.24) is 10.1 Å². The van der Waals surface area contributed by atoms with Crippen LogP contribution in [0.25, 0.3) is 0 Å². The lowest BCUT2D eigenvalue weighted by Crippen LogP contribution is -2.19. The molecule has 0 aliphatic carbocycles. The fourth-order valence-corrected chi connectivity index (χ4v) is 1.65. The van der Waals surface area contributed by atoms with Gasteiger partial charge in [-0.25, -0.2) is 0 Å². The minimum atomic E-state index is -0.304. The molecule has 2 aromatic rings. The van der Waals surface area contributed by atoms with Gasteiger partial charge in [0.05, 0.1) is 11.5 Å². The zero-order valence-corrected chi connectivity index (χ0v) is 10.3. The largest absolute Gasteiger partial charge is 0.338 e. The van der Waals surface area contributed by atoms with Crippen LogP contribution in [0.2, 0.25) is 0 Å². The minimum absolute atomic E-state index is 0.209. The van der Waals surface area contributed by atoms with Crippen LogP contribution in [0, 0.1) is 0 Å². The maximum Gasteiger partial charge on any atom is 0.236 e. The monoisotopic (exact) mass is 231 g/mol. The standard InChI is InChI=1S/C13H17N3O/c1-9(14)11-15-12(17-16-11)13(2,3)10-7-5-4-6-8-10/h4-9H,14H2,1-3H3. The molecule has 0 aliphatic heterocycles. The molecule has 1 heterocycles. The number of aromatic nitrogens is 2. The van der Waals surface area contributed by atoms with E-state index in [1.807, 2.05) is 25.1 Å². The lowest BCUT2D eigenvalue weighted by molar-refractivity contribution is 0.328. The third-order valence-corrected chi connectivity index (χ3v) is 2.88. The molecule has 2 N–H and O–H groups in total. The van der Waals surface area contributed by atoms with E-state index in [1.54, 1.807) is 0 Å². The van der Waals surface area contributed by atoms with Crippen molar-refractivity contribution in [3.05, 3.63) is 47.6 Å². The van der Waals surface area contributed by atoms with Gasteiger partial charge in [0.25, 0.3) is 0 Å². The summed E-state index contributed by atoms with van der Waals surface area (Å²) in [5.41, 5.74) is 6.56.